The van der Waals surface area contributed by atoms with E-state index in [-0.39, 0.29) is 18.2 Å². The number of hydrogen-bond acceptors (Lipinski definition) is 4. The highest BCUT2D eigenvalue weighted by Crippen LogP contribution is 2.18. The number of amides is 1. The lowest BCUT2D eigenvalue weighted by molar-refractivity contribution is -0.119. The number of phenols is 1. The van der Waals surface area contributed by atoms with Crippen molar-refractivity contribution in [3.8, 4) is 5.75 Å². The van der Waals surface area contributed by atoms with E-state index < -0.39 is 0 Å². The maximum Gasteiger partial charge on any atom is 0.259 e. The maximum atomic E-state index is 11.9. The first-order valence-corrected chi connectivity index (χ1v) is 7.96. The van der Waals surface area contributed by atoms with Gasteiger partial charge in [-0.15, -0.1) is 0 Å². The molecule has 0 atom stereocenters. The molecule has 3 rings (SSSR count). The van der Waals surface area contributed by atoms with Gasteiger partial charge in [-0.25, -0.2) is 5.43 Å². The predicted molar refractivity (Wildman–Crippen MR) is 101 cm³/mol. The van der Waals surface area contributed by atoms with Crippen molar-refractivity contribution in [1.29, 1.82) is 0 Å². The highest BCUT2D eigenvalue weighted by atomic mass is 16.3. The first kappa shape index (κ1) is 16.5. The number of hydrazone groups is 1. The van der Waals surface area contributed by atoms with E-state index in [1.54, 1.807) is 12.1 Å². The Balaban J connectivity index is 1.54. The zero-order valence-corrected chi connectivity index (χ0v) is 13.9. The lowest BCUT2D eigenvalue weighted by atomic mass is 10.1. The molecule has 0 fully saturated rings. The molecule has 0 aliphatic carbocycles. The van der Waals surface area contributed by atoms with Crippen molar-refractivity contribution in [3.63, 3.8) is 0 Å². The van der Waals surface area contributed by atoms with Gasteiger partial charge in [0, 0.05) is 11.3 Å². The summed E-state index contributed by atoms with van der Waals surface area (Å²) in [4.78, 5) is 11.9. The fourth-order valence-corrected chi connectivity index (χ4v) is 2.46. The molecular formula is C20H19N3O2. The smallest absolute Gasteiger partial charge is 0.259 e. The number of nitrogens with one attached hydrogen (secondary N) is 2. The van der Waals surface area contributed by atoms with E-state index in [9.17, 15) is 9.90 Å². The molecule has 0 saturated heterocycles. The van der Waals surface area contributed by atoms with Crippen LogP contribution < -0.4 is 10.7 Å². The lowest BCUT2D eigenvalue weighted by Gasteiger charge is -2.07. The second-order valence-corrected chi connectivity index (χ2v) is 5.77. The summed E-state index contributed by atoms with van der Waals surface area (Å²) in [6.07, 6.45) is 1.42. The number of aromatic hydroxyl groups is 1. The monoisotopic (exact) mass is 333 g/mol. The average Bonchev–Trinajstić information content (AvgIpc) is 2.61. The van der Waals surface area contributed by atoms with Crippen LogP contribution in [0.3, 0.4) is 0 Å². The van der Waals surface area contributed by atoms with Gasteiger partial charge in [0.2, 0.25) is 0 Å². The summed E-state index contributed by atoms with van der Waals surface area (Å²) in [6, 6.07) is 19.2. The summed E-state index contributed by atoms with van der Waals surface area (Å²) in [5.41, 5.74) is 4.81. The van der Waals surface area contributed by atoms with Crippen LogP contribution in [-0.2, 0) is 4.79 Å². The van der Waals surface area contributed by atoms with Crippen LogP contribution in [0.15, 0.2) is 65.8 Å². The number of carbonyl (C=O) groups excluding carboxylic acids is 1. The Bertz CT molecular complexity index is 935. The molecule has 0 radical (unpaired) electrons. The van der Waals surface area contributed by atoms with Gasteiger partial charge < -0.3 is 10.4 Å². The van der Waals surface area contributed by atoms with Gasteiger partial charge in [0.1, 0.15) is 5.75 Å². The van der Waals surface area contributed by atoms with E-state index in [1.807, 2.05) is 55.5 Å². The number of carbonyl (C=O) groups is 1. The zero-order chi connectivity index (χ0) is 17.6. The molecule has 5 heteroatoms. The first-order chi connectivity index (χ1) is 12.1. The van der Waals surface area contributed by atoms with Gasteiger partial charge >= 0.3 is 0 Å². The summed E-state index contributed by atoms with van der Waals surface area (Å²) in [5, 5.41) is 19.0. The van der Waals surface area contributed by atoms with Gasteiger partial charge in [-0.3, -0.25) is 4.79 Å². The number of phenolic OH excluding ortho intramolecular Hbond substituents is 1. The number of hydrogen-bond donors (Lipinski definition) is 3. The number of nitrogens with zero attached hydrogens (tertiary/aromatic N) is 1. The average molecular weight is 333 g/mol. The van der Waals surface area contributed by atoms with Crippen molar-refractivity contribution in [2.75, 3.05) is 11.9 Å². The lowest BCUT2D eigenvalue weighted by Crippen LogP contribution is -2.25. The zero-order valence-electron chi connectivity index (χ0n) is 13.9. The quantitative estimate of drug-likeness (QED) is 0.495. The molecule has 0 saturated carbocycles. The van der Waals surface area contributed by atoms with Gasteiger partial charge in [-0.2, -0.15) is 5.10 Å². The molecule has 0 aliphatic heterocycles. The molecule has 3 aromatic rings. The number of rotatable bonds is 5. The molecule has 0 aromatic heterocycles. The summed E-state index contributed by atoms with van der Waals surface area (Å²) in [7, 11) is 0. The Morgan fingerprint density at radius 1 is 1.08 bits per heavy atom. The summed E-state index contributed by atoms with van der Waals surface area (Å²) in [5.74, 6) is -0.136. The van der Waals surface area contributed by atoms with Gasteiger partial charge in [0.05, 0.1) is 12.8 Å². The third-order valence-electron chi connectivity index (χ3n) is 3.78. The Hall–Kier alpha value is -3.34. The molecule has 0 bridgehead atoms. The molecule has 1 amide bonds. The second-order valence-electron chi connectivity index (χ2n) is 5.77. The predicted octanol–water partition coefficient (Wildman–Crippen LogP) is 3.42. The molecule has 3 aromatic carbocycles. The van der Waals surface area contributed by atoms with Crippen molar-refractivity contribution < 1.29 is 9.90 Å². The van der Waals surface area contributed by atoms with Crippen LogP contribution in [-0.4, -0.2) is 23.8 Å². The minimum atomic E-state index is -0.268. The van der Waals surface area contributed by atoms with E-state index >= 15 is 0 Å². The van der Waals surface area contributed by atoms with Gasteiger partial charge in [0.25, 0.3) is 5.91 Å². The number of fused-ring (bicyclic) bond motifs is 1. The van der Waals surface area contributed by atoms with Crippen molar-refractivity contribution in [2.24, 2.45) is 5.10 Å². The Morgan fingerprint density at radius 3 is 2.68 bits per heavy atom. The summed E-state index contributed by atoms with van der Waals surface area (Å²) in [6.45, 7) is 2.00. The summed E-state index contributed by atoms with van der Waals surface area (Å²) >= 11 is 0. The Labute approximate surface area is 146 Å². The Morgan fingerprint density at radius 2 is 1.88 bits per heavy atom. The fraction of sp³-hybridized carbons (Fsp3) is 0.100. The molecule has 25 heavy (non-hydrogen) atoms. The van der Waals surface area contributed by atoms with Crippen molar-refractivity contribution in [3.05, 3.63) is 71.8 Å². The highest BCUT2D eigenvalue weighted by Gasteiger charge is 2.02. The fourth-order valence-electron chi connectivity index (χ4n) is 2.46. The van der Waals surface area contributed by atoms with E-state index in [0.29, 0.717) is 5.56 Å². The minimum Gasteiger partial charge on any atom is -0.507 e. The number of anilines is 1. The Kier molecular flexibility index (Phi) is 4.95. The van der Waals surface area contributed by atoms with Gasteiger partial charge in [-0.05, 0) is 47.5 Å². The standard InChI is InChI=1S/C20H19N3O2/c1-14-6-7-17(19(24)10-14)12-22-23-20(25)13-21-18-9-8-15-4-2-3-5-16(15)11-18/h2-12,21,24H,13H2,1H3,(H,23,25)/b22-12+. The topological polar surface area (TPSA) is 73.7 Å². The number of aryl methyl sites for hydroxylation is 1. The molecule has 0 unspecified atom stereocenters. The van der Waals surface area contributed by atoms with Crippen molar-refractivity contribution in [2.45, 2.75) is 6.92 Å². The van der Waals surface area contributed by atoms with Crippen LogP contribution in [0.1, 0.15) is 11.1 Å². The van der Waals surface area contributed by atoms with E-state index in [2.05, 4.69) is 15.8 Å². The van der Waals surface area contributed by atoms with Crippen LogP contribution >= 0.6 is 0 Å². The largest absolute Gasteiger partial charge is 0.507 e. The normalized spacial score (nSPS) is 10.9. The second kappa shape index (κ2) is 7.49. The maximum absolute atomic E-state index is 11.9. The van der Waals surface area contributed by atoms with Gasteiger partial charge in [-0.1, -0.05) is 36.4 Å². The SMILES string of the molecule is Cc1ccc(/C=N/NC(=O)CNc2ccc3ccccc3c2)c(O)c1. The molecule has 5 nitrogen and oxygen atoms in total. The number of benzene rings is 3. The molecule has 126 valence electrons. The van der Waals surface area contributed by atoms with E-state index in [0.717, 1.165) is 22.0 Å². The van der Waals surface area contributed by atoms with Crippen LogP contribution in [0.2, 0.25) is 0 Å². The van der Waals surface area contributed by atoms with Crippen LogP contribution in [0.4, 0.5) is 5.69 Å². The van der Waals surface area contributed by atoms with Crippen LogP contribution in [0.25, 0.3) is 10.8 Å². The third-order valence-corrected chi connectivity index (χ3v) is 3.78. The molecule has 3 N–H and O–H groups in total. The van der Waals surface area contributed by atoms with E-state index in [4.69, 9.17) is 0 Å². The minimum absolute atomic E-state index is 0.107. The van der Waals surface area contributed by atoms with Crippen LogP contribution in [0.5, 0.6) is 5.75 Å². The molecular weight excluding hydrogens is 314 g/mol. The van der Waals surface area contributed by atoms with E-state index in [1.165, 1.54) is 6.21 Å². The molecule has 0 spiro atoms. The molecule has 0 heterocycles. The highest BCUT2D eigenvalue weighted by molar-refractivity contribution is 5.88. The first-order valence-electron chi connectivity index (χ1n) is 7.96. The summed E-state index contributed by atoms with van der Waals surface area (Å²) < 4.78 is 0. The van der Waals surface area contributed by atoms with Gasteiger partial charge in [0.15, 0.2) is 0 Å². The van der Waals surface area contributed by atoms with Crippen LogP contribution in [0, 0.1) is 6.92 Å². The van der Waals surface area contributed by atoms with Crippen molar-refractivity contribution >= 4 is 28.6 Å². The van der Waals surface area contributed by atoms with Crippen molar-refractivity contribution in [1.82, 2.24) is 5.43 Å². The third kappa shape index (κ3) is 4.35. The molecule has 0 aliphatic rings.